The van der Waals surface area contributed by atoms with Crippen LogP contribution in [0.2, 0.25) is 0 Å². The lowest BCUT2D eigenvalue weighted by molar-refractivity contribution is -0.237. The number of carbonyl (C=O) groups is 4. The lowest BCUT2D eigenvalue weighted by Gasteiger charge is -2.44. The number of thioether (sulfide) groups is 1. The van der Waals surface area contributed by atoms with Crippen molar-refractivity contribution < 1.29 is 42.9 Å². The molecule has 0 N–H and O–H groups in total. The van der Waals surface area contributed by atoms with Gasteiger partial charge in [0.2, 0.25) is 0 Å². The molecule has 0 bridgehead atoms. The summed E-state index contributed by atoms with van der Waals surface area (Å²) >= 11 is 1.32. The molecule has 9 nitrogen and oxygen atoms in total. The van der Waals surface area contributed by atoms with Crippen LogP contribution in [0, 0.1) is 0 Å². The van der Waals surface area contributed by atoms with Crippen LogP contribution in [-0.2, 0) is 48.6 Å². The maximum Gasteiger partial charge on any atom is 0.303 e. The van der Waals surface area contributed by atoms with Gasteiger partial charge < -0.3 is 23.7 Å². The fraction of sp³-hybridized carbons (Fsp3) is 0.524. The molecular formula is C21H26O9S. The normalized spacial score (nSPS) is 25.2. The van der Waals surface area contributed by atoms with E-state index in [1.807, 2.05) is 30.3 Å². The van der Waals surface area contributed by atoms with Gasteiger partial charge in [-0.2, -0.15) is 0 Å². The van der Waals surface area contributed by atoms with Crippen LogP contribution in [-0.4, -0.2) is 60.3 Å². The van der Waals surface area contributed by atoms with Gasteiger partial charge in [0.25, 0.3) is 0 Å². The highest BCUT2D eigenvalue weighted by atomic mass is 32.2. The van der Waals surface area contributed by atoms with Crippen molar-refractivity contribution >= 4 is 35.6 Å². The first-order chi connectivity index (χ1) is 14.7. The molecule has 0 unspecified atom stereocenters. The van der Waals surface area contributed by atoms with Gasteiger partial charge in [0, 0.05) is 33.4 Å². The van der Waals surface area contributed by atoms with E-state index in [0.717, 1.165) is 5.56 Å². The summed E-state index contributed by atoms with van der Waals surface area (Å²) in [6.07, 6.45) is -4.27. The molecule has 0 aromatic heterocycles. The van der Waals surface area contributed by atoms with Gasteiger partial charge in [0.15, 0.2) is 18.3 Å². The quantitative estimate of drug-likeness (QED) is 0.427. The number of rotatable bonds is 8. The average Bonchev–Trinajstić information content (AvgIpc) is 2.68. The van der Waals surface area contributed by atoms with Crippen LogP contribution in [0.25, 0.3) is 0 Å². The van der Waals surface area contributed by atoms with E-state index in [2.05, 4.69) is 0 Å². The Morgan fingerprint density at radius 2 is 1.35 bits per heavy atom. The number of ether oxygens (including phenoxy) is 5. The number of benzene rings is 1. The van der Waals surface area contributed by atoms with E-state index in [1.165, 1.54) is 39.5 Å². The van der Waals surface area contributed by atoms with E-state index in [-0.39, 0.29) is 6.61 Å². The molecule has 170 valence electrons. The molecule has 1 aromatic rings. The van der Waals surface area contributed by atoms with Gasteiger partial charge in [-0.25, -0.2) is 0 Å². The molecular weight excluding hydrogens is 428 g/mol. The molecule has 0 spiro atoms. The van der Waals surface area contributed by atoms with Crippen LogP contribution in [0.5, 0.6) is 0 Å². The van der Waals surface area contributed by atoms with Crippen LogP contribution in [0.15, 0.2) is 30.3 Å². The summed E-state index contributed by atoms with van der Waals surface area (Å²) in [5.41, 5.74) is 0.223. The van der Waals surface area contributed by atoms with E-state index in [0.29, 0.717) is 5.75 Å². The van der Waals surface area contributed by atoms with Crippen LogP contribution in [0.3, 0.4) is 0 Å². The van der Waals surface area contributed by atoms with Gasteiger partial charge in [0.05, 0.1) is 0 Å². The van der Waals surface area contributed by atoms with E-state index in [1.54, 1.807) is 0 Å². The van der Waals surface area contributed by atoms with Crippen LogP contribution in [0.4, 0.5) is 0 Å². The van der Waals surface area contributed by atoms with Crippen molar-refractivity contribution in [3.05, 3.63) is 35.9 Å². The van der Waals surface area contributed by atoms with Gasteiger partial charge >= 0.3 is 23.9 Å². The summed E-state index contributed by atoms with van der Waals surface area (Å²) < 4.78 is 27.3. The Balaban J connectivity index is 2.35. The largest absolute Gasteiger partial charge is 0.463 e. The highest BCUT2D eigenvalue weighted by Crippen LogP contribution is 2.35. The summed E-state index contributed by atoms with van der Waals surface area (Å²) in [6.45, 7) is 4.59. The fourth-order valence-electron chi connectivity index (χ4n) is 3.08. The smallest absolute Gasteiger partial charge is 0.303 e. The van der Waals surface area contributed by atoms with E-state index in [4.69, 9.17) is 23.7 Å². The van der Waals surface area contributed by atoms with E-state index < -0.39 is 53.7 Å². The molecule has 31 heavy (non-hydrogen) atoms. The molecule has 0 amide bonds. The van der Waals surface area contributed by atoms with Crippen molar-refractivity contribution in [3.63, 3.8) is 0 Å². The lowest BCUT2D eigenvalue weighted by Crippen LogP contribution is -2.61. The van der Waals surface area contributed by atoms with Crippen molar-refractivity contribution in [2.24, 2.45) is 0 Å². The van der Waals surface area contributed by atoms with Crippen LogP contribution >= 0.6 is 11.8 Å². The summed E-state index contributed by atoms with van der Waals surface area (Å²) in [4.78, 5) is 46.6. The Morgan fingerprint density at radius 3 is 1.90 bits per heavy atom. The van der Waals surface area contributed by atoms with Crippen LogP contribution < -0.4 is 0 Å². The van der Waals surface area contributed by atoms with Gasteiger partial charge in [-0.1, -0.05) is 30.3 Å². The first kappa shape index (κ1) is 24.7. The molecule has 1 heterocycles. The third-order valence-electron chi connectivity index (χ3n) is 4.21. The Bertz CT molecular complexity index is 782. The summed E-state index contributed by atoms with van der Waals surface area (Å²) in [7, 11) is 0. The summed E-state index contributed by atoms with van der Waals surface area (Å²) in [6, 6.07) is 9.53. The average molecular weight is 454 g/mol. The van der Waals surface area contributed by atoms with Crippen molar-refractivity contribution in [1.29, 1.82) is 0 Å². The Hall–Kier alpha value is -2.59. The fourth-order valence-corrected chi connectivity index (χ4v) is 4.25. The van der Waals surface area contributed by atoms with Crippen molar-refractivity contribution in [2.75, 3.05) is 6.61 Å². The maximum absolute atomic E-state index is 11.8. The minimum Gasteiger partial charge on any atom is -0.463 e. The zero-order valence-corrected chi connectivity index (χ0v) is 18.6. The second kappa shape index (κ2) is 11.7. The standard InChI is InChI=1S/C21H26O9S/c1-12(22)26-10-17-18(27-13(2)23)19(28-14(3)24)20(29-15(4)25)21(30-17)31-11-16-8-6-5-7-9-16/h5-9,17-21H,10-11H2,1-4H3/t17-,18-,19+,20-,21+/m1/s1. The van der Waals surface area contributed by atoms with Gasteiger partial charge in [-0.05, 0) is 5.56 Å². The molecule has 1 saturated heterocycles. The molecule has 5 atom stereocenters. The summed E-state index contributed by atoms with van der Waals surface area (Å²) in [5.74, 6) is -1.97. The predicted molar refractivity (Wildman–Crippen MR) is 110 cm³/mol. The van der Waals surface area contributed by atoms with Gasteiger partial charge in [-0.3, -0.25) is 19.2 Å². The van der Waals surface area contributed by atoms with Crippen molar-refractivity contribution in [3.8, 4) is 0 Å². The first-order valence-corrected chi connectivity index (χ1v) is 10.7. The number of carbonyl (C=O) groups excluding carboxylic acids is 4. The molecule has 1 aliphatic heterocycles. The van der Waals surface area contributed by atoms with Crippen molar-refractivity contribution in [1.82, 2.24) is 0 Å². The molecule has 2 rings (SSSR count). The molecule has 1 aromatic carbocycles. The molecule has 1 fully saturated rings. The van der Waals surface area contributed by atoms with Gasteiger partial charge in [0.1, 0.15) is 18.1 Å². The zero-order valence-electron chi connectivity index (χ0n) is 17.8. The van der Waals surface area contributed by atoms with E-state index >= 15 is 0 Å². The van der Waals surface area contributed by atoms with Gasteiger partial charge in [-0.15, -0.1) is 11.8 Å². The third kappa shape index (κ3) is 7.87. The first-order valence-electron chi connectivity index (χ1n) is 9.63. The number of hydrogen-bond acceptors (Lipinski definition) is 10. The van der Waals surface area contributed by atoms with Crippen molar-refractivity contribution in [2.45, 2.75) is 63.3 Å². The summed E-state index contributed by atoms with van der Waals surface area (Å²) in [5, 5.41) is 0. The SMILES string of the molecule is CC(=O)OC[C@H]1O[C@@H](SCc2ccccc2)[C@H](OC(C)=O)[C@@H](OC(C)=O)[C@@H]1OC(C)=O. The second-order valence-electron chi connectivity index (χ2n) is 6.86. The highest BCUT2D eigenvalue weighted by Gasteiger charge is 2.52. The molecule has 0 radical (unpaired) electrons. The monoisotopic (exact) mass is 454 g/mol. The highest BCUT2D eigenvalue weighted by molar-refractivity contribution is 7.99. The zero-order chi connectivity index (χ0) is 23.0. The topological polar surface area (TPSA) is 114 Å². The third-order valence-corrected chi connectivity index (χ3v) is 5.41. The van der Waals surface area contributed by atoms with Crippen LogP contribution in [0.1, 0.15) is 33.3 Å². The number of esters is 4. The molecule has 10 heteroatoms. The maximum atomic E-state index is 11.8. The minimum atomic E-state index is -1.15. The Kier molecular flexibility index (Phi) is 9.32. The Labute approximate surface area is 184 Å². The lowest BCUT2D eigenvalue weighted by atomic mass is 9.99. The molecule has 0 aliphatic carbocycles. The predicted octanol–water partition coefficient (Wildman–Crippen LogP) is 2.00. The second-order valence-corrected chi connectivity index (χ2v) is 7.95. The molecule has 0 saturated carbocycles. The van der Waals surface area contributed by atoms with E-state index in [9.17, 15) is 19.2 Å². The minimum absolute atomic E-state index is 0.236. The number of hydrogen-bond donors (Lipinski definition) is 0. The molecule has 1 aliphatic rings. The Morgan fingerprint density at radius 1 is 0.806 bits per heavy atom.